The Morgan fingerprint density at radius 3 is 2.95 bits per heavy atom. The van der Waals surface area contributed by atoms with Gasteiger partial charge in [0, 0.05) is 23.1 Å². The van der Waals surface area contributed by atoms with E-state index >= 15 is 0 Å². The highest BCUT2D eigenvalue weighted by Gasteiger charge is 2.13. The summed E-state index contributed by atoms with van der Waals surface area (Å²) in [6.45, 7) is 2.54. The van der Waals surface area contributed by atoms with Gasteiger partial charge in [0.1, 0.15) is 0 Å². The first kappa shape index (κ1) is 12.1. The molecule has 2 N–H and O–H groups in total. The lowest BCUT2D eigenvalue weighted by Gasteiger charge is -1.98. The van der Waals surface area contributed by atoms with Gasteiger partial charge >= 0.3 is 0 Å². The Kier molecular flexibility index (Phi) is 3.15. The Morgan fingerprint density at radius 2 is 2.21 bits per heavy atom. The van der Waals surface area contributed by atoms with Gasteiger partial charge in [0.2, 0.25) is 5.82 Å². The smallest absolute Gasteiger partial charge is 0.258 e. The van der Waals surface area contributed by atoms with E-state index in [0.717, 1.165) is 22.3 Å². The number of hydrogen-bond donors (Lipinski definition) is 1. The second-order valence-electron chi connectivity index (χ2n) is 4.30. The highest BCUT2D eigenvalue weighted by molar-refractivity contribution is 7.08. The molecule has 0 saturated carbocycles. The molecule has 1 aromatic carbocycles. The zero-order valence-corrected chi connectivity index (χ0v) is 11.3. The summed E-state index contributed by atoms with van der Waals surface area (Å²) in [5.41, 5.74) is 9.76. The van der Waals surface area contributed by atoms with Crippen molar-refractivity contribution in [3.8, 4) is 22.8 Å². The zero-order chi connectivity index (χ0) is 13.2. The fourth-order valence-corrected chi connectivity index (χ4v) is 2.70. The number of nitrogens with two attached hydrogens (primary N) is 1. The van der Waals surface area contributed by atoms with E-state index in [1.807, 2.05) is 36.6 Å². The molecule has 96 valence electrons. The first-order valence-corrected chi connectivity index (χ1v) is 6.88. The quantitative estimate of drug-likeness (QED) is 0.794. The number of nitrogens with zero attached hydrogens (tertiary/aromatic N) is 2. The molecule has 0 aliphatic heterocycles. The van der Waals surface area contributed by atoms with Crippen molar-refractivity contribution in [1.29, 1.82) is 0 Å². The van der Waals surface area contributed by atoms with Crippen LogP contribution in [0.1, 0.15) is 11.1 Å². The van der Waals surface area contributed by atoms with E-state index in [2.05, 4.69) is 15.5 Å². The first-order valence-electron chi connectivity index (χ1n) is 5.94. The Labute approximate surface area is 114 Å². The third-order valence-corrected chi connectivity index (χ3v) is 3.79. The number of aromatic nitrogens is 2. The lowest BCUT2D eigenvalue weighted by atomic mass is 10.1. The van der Waals surface area contributed by atoms with E-state index in [-0.39, 0.29) is 0 Å². The molecule has 0 radical (unpaired) electrons. The summed E-state index contributed by atoms with van der Waals surface area (Å²) in [4.78, 5) is 4.45. The maximum Gasteiger partial charge on any atom is 0.258 e. The second kappa shape index (κ2) is 4.95. The largest absolute Gasteiger partial charge is 0.334 e. The molecule has 0 amide bonds. The van der Waals surface area contributed by atoms with Gasteiger partial charge in [0.25, 0.3) is 5.89 Å². The molecule has 0 fully saturated rings. The molecule has 0 bridgehead atoms. The van der Waals surface area contributed by atoms with Gasteiger partial charge in [-0.15, -0.1) is 0 Å². The maximum absolute atomic E-state index is 5.63. The summed E-state index contributed by atoms with van der Waals surface area (Å²) < 4.78 is 5.33. The summed E-state index contributed by atoms with van der Waals surface area (Å²) in [5, 5.41) is 8.14. The molecule has 5 heteroatoms. The van der Waals surface area contributed by atoms with E-state index in [0.29, 0.717) is 18.3 Å². The van der Waals surface area contributed by atoms with Crippen LogP contribution in [0.5, 0.6) is 0 Å². The monoisotopic (exact) mass is 271 g/mol. The third kappa shape index (κ3) is 2.30. The fraction of sp³-hybridized carbons (Fsp3) is 0.143. The number of hydrogen-bond acceptors (Lipinski definition) is 5. The van der Waals surface area contributed by atoms with Crippen LogP contribution in [0.2, 0.25) is 0 Å². The van der Waals surface area contributed by atoms with Crippen molar-refractivity contribution >= 4 is 11.3 Å². The van der Waals surface area contributed by atoms with Crippen LogP contribution >= 0.6 is 11.3 Å². The predicted molar refractivity (Wildman–Crippen MR) is 75.7 cm³/mol. The van der Waals surface area contributed by atoms with Gasteiger partial charge in [0.15, 0.2) is 0 Å². The molecular formula is C14H13N3OS. The Bertz CT molecular complexity index is 702. The molecule has 0 atom stereocenters. The number of aryl methyl sites for hydroxylation is 1. The van der Waals surface area contributed by atoms with Gasteiger partial charge in [-0.1, -0.05) is 17.3 Å². The second-order valence-corrected chi connectivity index (χ2v) is 5.04. The molecular weight excluding hydrogens is 258 g/mol. The van der Waals surface area contributed by atoms with Crippen molar-refractivity contribution < 1.29 is 4.52 Å². The van der Waals surface area contributed by atoms with Gasteiger partial charge in [-0.05, 0) is 35.6 Å². The molecule has 0 aliphatic carbocycles. The highest BCUT2D eigenvalue weighted by Crippen LogP contribution is 2.27. The predicted octanol–water partition coefficient (Wildman–Crippen LogP) is 3.23. The number of thiophene rings is 1. The molecule has 0 unspecified atom stereocenters. The van der Waals surface area contributed by atoms with Gasteiger partial charge in [-0.3, -0.25) is 0 Å². The van der Waals surface area contributed by atoms with E-state index in [1.165, 1.54) is 0 Å². The Balaban J connectivity index is 1.99. The fourth-order valence-electron chi connectivity index (χ4n) is 1.87. The molecule has 0 spiro atoms. The summed E-state index contributed by atoms with van der Waals surface area (Å²) in [6, 6.07) is 7.83. The normalized spacial score (nSPS) is 10.8. The lowest BCUT2D eigenvalue weighted by Crippen LogP contribution is -1.95. The van der Waals surface area contributed by atoms with Crippen LogP contribution in [-0.4, -0.2) is 10.1 Å². The van der Waals surface area contributed by atoms with Crippen LogP contribution < -0.4 is 5.73 Å². The van der Waals surface area contributed by atoms with E-state index in [4.69, 9.17) is 10.3 Å². The molecule has 19 heavy (non-hydrogen) atoms. The average Bonchev–Trinajstić information content (AvgIpc) is 3.07. The summed E-state index contributed by atoms with van der Waals surface area (Å²) in [7, 11) is 0. The number of rotatable bonds is 3. The molecule has 0 aliphatic rings. The minimum Gasteiger partial charge on any atom is -0.334 e. The first-order chi connectivity index (χ1) is 9.28. The van der Waals surface area contributed by atoms with Crippen molar-refractivity contribution in [3.05, 3.63) is 46.2 Å². The Hall–Kier alpha value is -1.98. The minimum absolute atomic E-state index is 0.498. The van der Waals surface area contributed by atoms with Crippen LogP contribution in [-0.2, 0) is 6.54 Å². The minimum atomic E-state index is 0.498. The van der Waals surface area contributed by atoms with Crippen LogP contribution in [0.15, 0.2) is 39.5 Å². The van der Waals surface area contributed by atoms with Crippen LogP contribution in [0.4, 0.5) is 0 Å². The van der Waals surface area contributed by atoms with Gasteiger partial charge < -0.3 is 10.3 Å². The lowest BCUT2D eigenvalue weighted by molar-refractivity contribution is 0.432. The van der Waals surface area contributed by atoms with Gasteiger partial charge in [-0.25, -0.2) is 0 Å². The van der Waals surface area contributed by atoms with Crippen LogP contribution in [0, 0.1) is 6.92 Å². The van der Waals surface area contributed by atoms with E-state index < -0.39 is 0 Å². The molecule has 2 aromatic heterocycles. The molecule has 3 rings (SSSR count). The van der Waals surface area contributed by atoms with Crippen molar-refractivity contribution in [2.24, 2.45) is 5.73 Å². The van der Waals surface area contributed by atoms with Crippen molar-refractivity contribution in [2.45, 2.75) is 13.5 Å². The Morgan fingerprint density at radius 1 is 1.32 bits per heavy atom. The maximum atomic E-state index is 5.63. The van der Waals surface area contributed by atoms with Gasteiger partial charge in [-0.2, -0.15) is 16.3 Å². The zero-order valence-electron chi connectivity index (χ0n) is 10.5. The van der Waals surface area contributed by atoms with E-state index in [1.54, 1.807) is 11.3 Å². The van der Waals surface area contributed by atoms with Crippen molar-refractivity contribution in [3.63, 3.8) is 0 Å². The molecule has 3 aromatic rings. The van der Waals surface area contributed by atoms with Crippen molar-refractivity contribution in [1.82, 2.24) is 10.1 Å². The average molecular weight is 271 g/mol. The van der Waals surface area contributed by atoms with Gasteiger partial charge in [0.05, 0.1) is 0 Å². The van der Waals surface area contributed by atoms with E-state index in [9.17, 15) is 0 Å². The molecule has 4 nitrogen and oxygen atoms in total. The molecule has 0 saturated heterocycles. The van der Waals surface area contributed by atoms with Crippen LogP contribution in [0.25, 0.3) is 22.8 Å². The summed E-state index contributed by atoms with van der Waals surface area (Å²) in [5.74, 6) is 1.16. The standard InChI is InChI=1S/C14H13N3OS/c1-9-7-19-8-12(9)13-16-14(18-17-13)11-4-2-3-10(5-11)6-15/h2-5,7-8H,6,15H2,1H3. The topological polar surface area (TPSA) is 64.9 Å². The summed E-state index contributed by atoms with van der Waals surface area (Å²) >= 11 is 1.63. The van der Waals surface area contributed by atoms with Crippen molar-refractivity contribution in [2.75, 3.05) is 0 Å². The summed E-state index contributed by atoms with van der Waals surface area (Å²) in [6.07, 6.45) is 0. The van der Waals surface area contributed by atoms with Crippen LogP contribution in [0.3, 0.4) is 0 Å². The number of benzene rings is 1. The third-order valence-electron chi connectivity index (χ3n) is 2.93. The highest BCUT2D eigenvalue weighted by atomic mass is 32.1. The molecule has 2 heterocycles. The SMILES string of the molecule is Cc1cscc1-c1noc(-c2cccc(CN)c2)n1.